The normalized spacial score (nSPS) is 16.4. The summed E-state index contributed by atoms with van der Waals surface area (Å²) in [7, 11) is 1.76. The van der Waals surface area contributed by atoms with Crippen molar-refractivity contribution in [1.29, 1.82) is 0 Å². The first kappa shape index (κ1) is 17.8. The highest BCUT2D eigenvalue weighted by molar-refractivity contribution is 6.31. The third-order valence-electron chi connectivity index (χ3n) is 6.07. The Balaban J connectivity index is 1.62. The van der Waals surface area contributed by atoms with Gasteiger partial charge in [-0.3, -0.25) is 9.88 Å². The van der Waals surface area contributed by atoms with Crippen molar-refractivity contribution in [3.8, 4) is 5.75 Å². The lowest BCUT2D eigenvalue weighted by atomic mass is 9.98. The van der Waals surface area contributed by atoms with E-state index in [4.69, 9.17) is 16.3 Å². The maximum Gasteiger partial charge on any atom is 0.124 e. The predicted molar refractivity (Wildman–Crippen MR) is 116 cm³/mol. The minimum Gasteiger partial charge on any atom is -0.496 e. The molecule has 1 N–H and O–H groups in total. The van der Waals surface area contributed by atoms with E-state index in [-0.39, 0.29) is 0 Å². The van der Waals surface area contributed by atoms with Gasteiger partial charge in [0.1, 0.15) is 5.75 Å². The lowest BCUT2D eigenvalue weighted by molar-refractivity contribution is 0.183. The summed E-state index contributed by atoms with van der Waals surface area (Å²) in [5.74, 6) is 1.78. The van der Waals surface area contributed by atoms with Crippen molar-refractivity contribution in [3.05, 3.63) is 47.1 Å². The topological polar surface area (TPSA) is 41.1 Å². The van der Waals surface area contributed by atoms with E-state index in [9.17, 15) is 0 Å². The number of hydrogen-bond acceptors (Lipinski definition) is 3. The van der Waals surface area contributed by atoms with Crippen LogP contribution in [0.15, 0.2) is 36.5 Å². The Morgan fingerprint density at radius 2 is 1.96 bits per heavy atom. The first-order chi connectivity index (χ1) is 13.6. The molecule has 0 atom stereocenters. The van der Waals surface area contributed by atoms with Gasteiger partial charge in [0.25, 0.3) is 0 Å². The first-order valence-electron chi connectivity index (χ1n) is 9.91. The van der Waals surface area contributed by atoms with E-state index in [2.05, 4.69) is 33.9 Å². The molecule has 0 saturated carbocycles. The summed E-state index contributed by atoms with van der Waals surface area (Å²) in [6, 6.07) is 10.3. The van der Waals surface area contributed by atoms with Crippen molar-refractivity contribution < 1.29 is 4.74 Å². The molecule has 0 unspecified atom stereocenters. The minimum absolute atomic E-state index is 0.704. The molecule has 1 aliphatic rings. The maximum absolute atomic E-state index is 6.14. The molecule has 5 heteroatoms. The van der Waals surface area contributed by atoms with Crippen molar-refractivity contribution >= 4 is 44.3 Å². The number of fused-ring (bicyclic) bond motifs is 5. The van der Waals surface area contributed by atoms with Gasteiger partial charge >= 0.3 is 0 Å². The molecule has 0 spiro atoms. The zero-order valence-corrected chi connectivity index (χ0v) is 17.0. The molecule has 3 heterocycles. The largest absolute Gasteiger partial charge is 0.496 e. The first-order valence-corrected chi connectivity index (χ1v) is 10.3. The van der Waals surface area contributed by atoms with Crippen molar-refractivity contribution in [3.63, 3.8) is 0 Å². The van der Waals surface area contributed by atoms with Crippen LogP contribution in [0.1, 0.15) is 25.3 Å². The lowest BCUT2D eigenvalue weighted by Crippen LogP contribution is -2.32. The second-order valence-corrected chi connectivity index (χ2v) is 8.44. The monoisotopic (exact) mass is 393 g/mol. The van der Waals surface area contributed by atoms with Crippen molar-refractivity contribution in [1.82, 2.24) is 14.9 Å². The number of H-pyrrole nitrogens is 1. The Kier molecular flexibility index (Phi) is 4.41. The molecule has 1 saturated heterocycles. The Bertz CT molecular complexity index is 1180. The highest BCUT2D eigenvalue weighted by Gasteiger charge is 2.19. The number of halogens is 1. The van der Waals surface area contributed by atoms with Crippen LogP contribution in [-0.4, -0.2) is 35.1 Å². The number of nitrogens with zero attached hydrogens (tertiary/aromatic N) is 2. The fourth-order valence-corrected chi connectivity index (χ4v) is 4.53. The van der Waals surface area contributed by atoms with Gasteiger partial charge in [-0.1, -0.05) is 18.5 Å². The molecule has 28 heavy (non-hydrogen) atoms. The number of nitrogens with one attached hydrogen (secondary N) is 1. The van der Waals surface area contributed by atoms with Crippen LogP contribution in [0.5, 0.6) is 5.75 Å². The van der Waals surface area contributed by atoms with Gasteiger partial charge in [0.2, 0.25) is 0 Å². The van der Waals surface area contributed by atoms with Gasteiger partial charge in [-0.25, -0.2) is 0 Å². The summed E-state index contributed by atoms with van der Waals surface area (Å²) >= 11 is 6.14. The van der Waals surface area contributed by atoms with E-state index in [1.807, 2.05) is 24.4 Å². The Morgan fingerprint density at radius 3 is 2.75 bits per heavy atom. The Labute approximate surface area is 169 Å². The van der Waals surface area contributed by atoms with Crippen LogP contribution in [0, 0.1) is 5.92 Å². The molecule has 0 aliphatic carbocycles. The summed E-state index contributed by atoms with van der Waals surface area (Å²) in [6.45, 7) is 5.59. The van der Waals surface area contributed by atoms with E-state index < -0.39 is 0 Å². The molecule has 2 aromatic heterocycles. The molecule has 4 aromatic rings. The Hall–Kier alpha value is -2.30. The van der Waals surface area contributed by atoms with Crippen LogP contribution in [0.2, 0.25) is 5.02 Å². The second kappa shape index (κ2) is 6.94. The molecule has 1 fully saturated rings. The molecule has 0 radical (unpaired) electrons. The number of piperidine rings is 1. The molecule has 2 aromatic carbocycles. The second-order valence-electron chi connectivity index (χ2n) is 8.00. The van der Waals surface area contributed by atoms with Crippen LogP contribution in [-0.2, 0) is 6.54 Å². The van der Waals surface area contributed by atoms with E-state index >= 15 is 0 Å². The summed E-state index contributed by atoms with van der Waals surface area (Å²) in [5, 5.41) is 4.05. The zero-order valence-electron chi connectivity index (χ0n) is 16.3. The molecule has 0 amide bonds. The fraction of sp³-hybridized carbons (Fsp3) is 0.348. The SMILES string of the molecule is COc1cc2c(cc1CN1CCC(C)CC1)[nH]c1c3ccc(Cl)cc3ncc21. The van der Waals surface area contributed by atoms with Gasteiger partial charge in [0.05, 0.1) is 18.1 Å². The third kappa shape index (κ3) is 3.01. The van der Waals surface area contributed by atoms with Gasteiger partial charge < -0.3 is 9.72 Å². The van der Waals surface area contributed by atoms with Crippen molar-refractivity contribution in [2.45, 2.75) is 26.3 Å². The van der Waals surface area contributed by atoms with Gasteiger partial charge in [0.15, 0.2) is 0 Å². The van der Waals surface area contributed by atoms with Crippen molar-refractivity contribution in [2.24, 2.45) is 5.92 Å². The smallest absolute Gasteiger partial charge is 0.124 e. The number of pyridine rings is 1. The highest BCUT2D eigenvalue weighted by atomic mass is 35.5. The lowest BCUT2D eigenvalue weighted by Gasteiger charge is -2.30. The van der Waals surface area contributed by atoms with Gasteiger partial charge in [0, 0.05) is 45.0 Å². The molecular formula is C23H24ClN3O. The molecular weight excluding hydrogens is 370 g/mol. The van der Waals surface area contributed by atoms with Gasteiger partial charge in [-0.15, -0.1) is 0 Å². The molecule has 1 aliphatic heterocycles. The number of likely N-dealkylation sites (tertiary alicyclic amines) is 1. The molecule has 5 rings (SSSR count). The van der Waals surface area contributed by atoms with E-state index in [0.29, 0.717) is 5.02 Å². The third-order valence-corrected chi connectivity index (χ3v) is 6.31. The fourth-order valence-electron chi connectivity index (χ4n) is 4.37. The highest BCUT2D eigenvalue weighted by Crippen LogP contribution is 2.35. The number of ether oxygens (including phenoxy) is 1. The van der Waals surface area contributed by atoms with E-state index in [0.717, 1.165) is 64.0 Å². The number of hydrogen-bond donors (Lipinski definition) is 1. The summed E-state index contributed by atoms with van der Waals surface area (Å²) in [4.78, 5) is 10.8. The van der Waals surface area contributed by atoms with Crippen LogP contribution in [0.25, 0.3) is 32.7 Å². The maximum atomic E-state index is 6.14. The summed E-state index contributed by atoms with van der Waals surface area (Å²) < 4.78 is 5.76. The number of methoxy groups -OCH3 is 1. The zero-order chi connectivity index (χ0) is 19.3. The standard InChI is InChI=1S/C23H24ClN3O/c1-14-5-7-27(8-6-14)13-15-9-21-18(11-22(15)28-2)19-12-25-20-10-16(24)3-4-17(20)23(19)26-21/h3-4,9-12,14,26H,5-8,13H2,1-2H3. The predicted octanol–water partition coefficient (Wildman–Crippen LogP) is 5.76. The van der Waals surface area contributed by atoms with E-state index in [1.54, 1.807) is 7.11 Å². The van der Waals surface area contributed by atoms with Crippen LogP contribution in [0.4, 0.5) is 0 Å². The number of benzene rings is 2. The van der Waals surface area contributed by atoms with Crippen molar-refractivity contribution in [2.75, 3.05) is 20.2 Å². The van der Waals surface area contributed by atoms with E-state index in [1.165, 1.54) is 18.4 Å². The van der Waals surface area contributed by atoms with Crippen LogP contribution < -0.4 is 4.74 Å². The average molecular weight is 394 g/mol. The number of rotatable bonds is 3. The average Bonchev–Trinajstić information content (AvgIpc) is 3.06. The van der Waals surface area contributed by atoms with Gasteiger partial charge in [-0.05, 0) is 62.2 Å². The molecule has 4 nitrogen and oxygen atoms in total. The van der Waals surface area contributed by atoms with Crippen LogP contribution in [0.3, 0.4) is 0 Å². The molecule has 0 bridgehead atoms. The quantitative estimate of drug-likeness (QED) is 0.480. The number of aromatic amines is 1. The molecule has 144 valence electrons. The summed E-state index contributed by atoms with van der Waals surface area (Å²) in [6.07, 6.45) is 4.48. The number of aromatic nitrogens is 2. The Morgan fingerprint density at radius 1 is 1.14 bits per heavy atom. The van der Waals surface area contributed by atoms with Crippen LogP contribution >= 0.6 is 11.6 Å². The minimum atomic E-state index is 0.704. The summed E-state index contributed by atoms with van der Waals surface area (Å²) in [5.41, 5.74) is 4.36. The van der Waals surface area contributed by atoms with Gasteiger partial charge in [-0.2, -0.15) is 0 Å².